The average Bonchev–Trinajstić information content (AvgIpc) is 3.24. The van der Waals surface area contributed by atoms with Crippen molar-refractivity contribution in [3.63, 3.8) is 0 Å². The molecule has 2 rings (SSSR count). The minimum atomic E-state index is -0.0330. The van der Waals surface area contributed by atoms with E-state index in [1.165, 1.54) is 0 Å². The maximum absolute atomic E-state index is 5.76. The largest absolute Gasteiger partial charge is 0.443 e. The molecule has 0 amide bonds. The molecule has 0 saturated carbocycles. The molecule has 0 spiro atoms. The molecule has 1 fully saturated rings. The second-order valence-corrected chi connectivity index (χ2v) is 7.28. The fourth-order valence-corrected chi connectivity index (χ4v) is 2.49. The van der Waals surface area contributed by atoms with Crippen molar-refractivity contribution >= 4 is 29.9 Å². The number of hydrogen-bond acceptors (Lipinski definition) is 5. The molecule has 1 aromatic rings. The number of oxazole rings is 1. The molecule has 2 N–H and O–H groups in total. The van der Waals surface area contributed by atoms with Gasteiger partial charge in [-0.3, -0.25) is 4.99 Å². The van der Waals surface area contributed by atoms with E-state index in [0.29, 0.717) is 25.1 Å². The van der Waals surface area contributed by atoms with Crippen molar-refractivity contribution in [2.24, 2.45) is 4.99 Å². The Kier molecular flexibility index (Phi) is 10.5. The summed E-state index contributed by atoms with van der Waals surface area (Å²) >= 11 is 0. The first-order valence-electron chi connectivity index (χ1n) is 9.08. The fourth-order valence-electron chi connectivity index (χ4n) is 2.49. The first kappa shape index (κ1) is 23.2. The third-order valence-corrected chi connectivity index (χ3v) is 4.01. The average molecular weight is 480 g/mol. The second-order valence-electron chi connectivity index (χ2n) is 7.28. The number of nitrogens with zero attached hydrogens (tertiary/aromatic N) is 2. The highest BCUT2D eigenvalue weighted by atomic mass is 127. The Bertz CT molecular complexity index is 537. The molecule has 1 saturated heterocycles. The molecule has 1 aliphatic rings. The van der Waals surface area contributed by atoms with Gasteiger partial charge in [0.05, 0.1) is 25.5 Å². The number of ether oxygens (including phenoxy) is 2. The van der Waals surface area contributed by atoms with Gasteiger partial charge in [-0.05, 0) is 19.3 Å². The van der Waals surface area contributed by atoms with E-state index in [2.05, 4.69) is 41.4 Å². The van der Waals surface area contributed by atoms with E-state index in [1.54, 1.807) is 13.2 Å². The van der Waals surface area contributed by atoms with Crippen LogP contribution in [0.15, 0.2) is 15.6 Å². The van der Waals surface area contributed by atoms with Gasteiger partial charge < -0.3 is 24.5 Å². The van der Waals surface area contributed by atoms with Crippen LogP contribution in [0.5, 0.6) is 0 Å². The van der Waals surface area contributed by atoms with Gasteiger partial charge in [-0.15, -0.1) is 24.0 Å². The Morgan fingerprint density at radius 2 is 2.19 bits per heavy atom. The Hall–Kier alpha value is -0.870. The van der Waals surface area contributed by atoms with Crippen LogP contribution in [0.2, 0.25) is 0 Å². The van der Waals surface area contributed by atoms with E-state index in [9.17, 15) is 0 Å². The molecule has 0 radical (unpaired) electrons. The van der Waals surface area contributed by atoms with Crippen molar-refractivity contribution in [2.75, 3.05) is 33.4 Å². The Morgan fingerprint density at radius 1 is 1.38 bits per heavy atom. The van der Waals surface area contributed by atoms with Crippen molar-refractivity contribution in [1.29, 1.82) is 0 Å². The summed E-state index contributed by atoms with van der Waals surface area (Å²) in [5, 5.41) is 6.47. The maximum Gasteiger partial charge on any atom is 0.213 e. The van der Waals surface area contributed by atoms with E-state index in [1.807, 2.05) is 0 Å². The first-order valence-corrected chi connectivity index (χ1v) is 9.08. The van der Waals surface area contributed by atoms with Crippen molar-refractivity contribution in [2.45, 2.75) is 58.1 Å². The van der Waals surface area contributed by atoms with Gasteiger partial charge in [0.15, 0.2) is 5.96 Å². The number of aromatic nitrogens is 1. The summed E-state index contributed by atoms with van der Waals surface area (Å²) in [4.78, 5) is 8.51. The van der Waals surface area contributed by atoms with Crippen molar-refractivity contribution < 1.29 is 13.9 Å². The zero-order valence-corrected chi connectivity index (χ0v) is 18.7. The number of guanidine groups is 1. The highest BCUT2D eigenvalue weighted by molar-refractivity contribution is 14.0. The topological polar surface area (TPSA) is 80.9 Å². The Balaban J connectivity index is 0.00000338. The third kappa shape index (κ3) is 8.22. The zero-order chi connectivity index (χ0) is 18.1. The molecule has 8 heteroatoms. The van der Waals surface area contributed by atoms with Gasteiger partial charge in [0.2, 0.25) is 5.89 Å². The third-order valence-electron chi connectivity index (χ3n) is 4.01. The summed E-state index contributed by atoms with van der Waals surface area (Å²) in [6.45, 7) is 9.91. The highest BCUT2D eigenvalue weighted by Crippen LogP contribution is 2.22. The molecule has 1 atom stereocenters. The number of aliphatic imine (C=N–C) groups is 1. The quantitative estimate of drug-likeness (QED) is 0.258. The summed E-state index contributed by atoms with van der Waals surface area (Å²) < 4.78 is 16.9. The summed E-state index contributed by atoms with van der Waals surface area (Å²) in [5.41, 5.74) is -0.0330. The molecule has 1 aliphatic heterocycles. The number of nitrogens with one attached hydrogen (secondary N) is 2. The lowest BCUT2D eigenvalue weighted by atomic mass is 9.94. The van der Waals surface area contributed by atoms with Crippen molar-refractivity contribution in [3.05, 3.63) is 17.8 Å². The zero-order valence-electron chi connectivity index (χ0n) is 16.3. The van der Waals surface area contributed by atoms with Gasteiger partial charge in [0, 0.05) is 32.2 Å². The van der Waals surface area contributed by atoms with Gasteiger partial charge >= 0.3 is 0 Å². The van der Waals surface area contributed by atoms with E-state index in [0.717, 1.165) is 50.7 Å². The summed E-state index contributed by atoms with van der Waals surface area (Å²) in [7, 11) is 1.75. The monoisotopic (exact) mass is 480 g/mol. The van der Waals surface area contributed by atoms with Gasteiger partial charge in [-0.2, -0.15) is 0 Å². The number of hydrogen-bond donors (Lipinski definition) is 2. The van der Waals surface area contributed by atoms with E-state index < -0.39 is 0 Å². The van der Waals surface area contributed by atoms with Crippen LogP contribution in [-0.4, -0.2) is 50.5 Å². The van der Waals surface area contributed by atoms with Crippen LogP contribution in [0, 0.1) is 0 Å². The lowest BCUT2D eigenvalue weighted by Crippen LogP contribution is -2.37. The predicted octanol–water partition coefficient (Wildman–Crippen LogP) is 2.84. The van der Waals surface area contributed by atoms with E-state index in [4.69, 9.17) is 13.9 Å². The molecular weight excluding hydrogens is 447 g/mol. The van der Waals surface area contributed by atoms with Crippen LogP contribution >= 0.6 is 24.0 Å². The van der Waals surface area contributed by atoms with Gasteiger partial charge in [-0.1, -0.05) is 20.8 Å². The molecule has 0 aliphatic carbocycles. The number of halogens is 1. The van der Waals surface area contributed by atoms with Crippen LogP contribution < -0.4 is 10.6 Å². The smallest absolute Gasteiger partial charge is 0.213 e. The van der Waals surface area contributed by atoms with Crippen LogP contribution in [0.4, 0.5) is 0 Å². The number of rotatable bonds is 8. The summed E-state index contributed by atoms with van der Waals surface area (Å²) in [6, 6.07) is 0. The van der Waals surface area contributed by atoms with Gasteiger partial charge in [0.25, 0.3) is 0 Å². The highest BCUT2D eigenvalue weighted by Gasteiger charge is 2.19. The lowest BCUT2D eigenvalue weighted by Gasteiger charge is -2.13. The first-order chi connectivity index (χ1) is 12.0. The summed E-state index contributed by atoms with van der Waals surface area (Å²) in [5.74, 6) is 2.28. The summed E-state index contributed by atoms with van der Waals surface area (Å²) in [6.07, 6.45) is 5.27. The van der Waals surface area contributed by atoms with Gasteiger partial charge in [0.1, 0.15) is 5.76 Å². The minimum absolute atomic E-state index is 0. The van der Waals surface area contributed by atoms with E-state index >= 15 is 0 Å². The molecule has 0 aromatic carbocycles. The van der Waals surface area contributed by atoms with Gasteiger partial charge in [-0.25, -0.2) is 4.98 Å². The molecule has 1 aromatic heterocycles. The lowest BCUT2D eigenvalue weighted by molar-refractivity contribution is 0.0168. The van der Waals surface area contributed by atoms with Crippen molar-refractivity contribution in [3.8, 4) is 0 Å². The molecule has 26 heavy (non-hydrogen) atoms. The molecule has 7 nitrogen and oxygen atoms in total. The molecule has 2 heterocycles. The predicted molar refractivity (Wildman–Crippen MR) is 113 cm³/mol. The Morgan fingerprint density at radius 3 is 2.81 bits per heavy atom. The normalized spacial score (nSPS) is 17.8. The van der Waals surface area contributed by atoms with Crippen LogP contribution in [0.3, 0.4) is 0 Å². The fraction of sp³-hybridized carbons (Fsp3) is 0.778. The Labute approximate surface area is 173 Å². The SMILES string of the molecule is CN=C(NCCCOCC1CCCO1)NCc1ncc(C(C)(C)C)o1.I. The molecular formula is C18H33IN4O3. The van der Waals surface area contributed by atoms with Crippen LogP contribution in [-0.2, 0) is 21.4 Å². The van der Waals surface area contributed by atoms with Crippen LogP contribution in [0.25, 0.3) is 0 Å². The maximum atomic E-state index is 5.76. The molecule has 1 unspecified atom stereocenters. The van der Waals surface area contributed by atoms with Crippen molar-refractivity contribution in [1.82, 2.24) is 15.6 Å². The molecule has 150 valence electrons. The molecule has 0 bridgehead atoms. The minimum Gasteiger partial charge on any atom is -0.443 e. The van der Waals surface area contributed by atoms with Crippen LogP contribution in [0.1, 0.15) is 51.7 Å². The van der Waals surface area contributed by atoms with E-state index in [-0.39, 0.29) is 29.4 Å². The second kappa shape index (κ2) is 11.8. The standard InChI is InChI=1S/C18H32N4O3.HI/c1-18(2,3)15-11-21-16(25-15)12-22-17(19-4)20-8-6-9-23-13-14-7-5-10-24-14;/h11,14H,5-10,12-13H2,1-4H3,(H2,19,20,22);1H.